The number of nitrogens with one attached hydrogen (secondary N) is 1. The van der Waals surface area contributed by atoms with E-state index in [9.17, 15) is 8.42 Å². The van der Waals surface area contributed by atoms with Crippen LogP contribution in [0.5, 0.6) is 5.75 Å². The normalized spacial score (nSPS) is 11.6. The van der Waals surface area contributed by atoms with E-state index in [0.29, 0.717) is 11.4 Å². The molecule has 0 atom stereocenters. The zero-order valence-electron chi connectivity index (χ0n) is 16.9. The van der Waals surface area contributed by atoms with Gasteiger partial charge in [0.15, 0.2) is 0 Å². The third-order valence-corrected chi connectivity index (χ3v) is 5.92. The molecule has 0 fully saturated rings. The van der Waals surface area contributed by atoms with Crippen LogP contribution >= 0.6 is 0 Å². The Morgan fingerprint density at radius 2 is 1.55 bits per heavy atom. The van der Waals surface area contributed by atoms with Crippen molar-refractivity contribution >= 4 is 27.6 Å². The zero-order chi connectivity index (χ0) is 21.0. The SMILES string of the molecule is COc1ccccc1C=Nc1ccc(S(=O)(=O)Nc2c(C)cc(C)cc2C)cc1. The lowest BCUT2D eigenvalue weighted by molar-refractivity contribution is 0.414. The van der Waals surface area contributed by atoms with E-state index in [1.54, 1.807) is 37.6 Å². The number of nitrogens with zero attached hydrogens (tertiary/aromatic N) is 1. The van der Waals surface area contributed by atoms with Crippen molar-refractivity contribution in [2.45, 2.75) is 25.7 Å². The fraction of sp³-hybridized carbons (Fsp3) is 0.174. The second-order valence-corrected chi connectivity index (χ2v) is 8.56. The predicted octanol–water partition coefficient (Wildman–Crippen LogP) is 5.17. The van der Waals surface area contributed by atoms with E-state index in [-0.39, 0.29) is 4.90 Å². The van der Waals surface area contributed by atoms with Crippen LogP contribution in [0.25, 0.3) is 0 Å². The molecule has 0 saturated heterocycles. The van der Waals surface area contributed by atoms with Crippen LogP contribution in [0.4, 0.5) is 11.4 Å². The molecule has 0 aliphatic heterocycles. The Labute approximate surface area is 172 Å². The first-order valence-electron chi connectivity index (χ1n) is 9.18. The minimum absolute atomic E-state index is 0.188. The first-order chi connectivity index (χ1) is 13.8. The van der Waals surface area contributed by atoms with Gasteiger partial charge in [-0.05, 0) is 68.3 Å². The number of hydrogen-bond donors (Lipinski definition) is 1. The third kappa shape index (κ3) is 4.84. The summed E-state index contributed by atoms with van der Waals surface area (Å²) in [4.78, 5) is 4.60. The highest BCUT2D eigenvalue weighted by Gasteiger charge is 2.16. The van der Waals surface area contributed by atoms with Gasteiger partial charge in [0.25, 0.3) is 10.0 Å². The quantitative estimate of drug-likeness (QED) is 0.572. The van der Waals surface area contributed by atoms with E-state index >= 15 is 0 Å². The van der Waals surface area contributed by atoms with Crippen LogP contribution in [-0.4, -0.2) is 21.7 Å². The number of rotatable bonds is 6. The average Bonchev–Trinajstić information content (AvgIpc) is 2.69. The molecule has 0 saturated carbocycles. The highest BCUT2D eigenvalue weighted by Crippen LogP contribution is 2.26. The number of aliphatic imine (C=N–C) groups is 1. The van der Waals surface area contributed by atoms with E-state index in [1.807, 2.05) is 57.2 Å². The van der Waals surface area contributed by atoms with Crippen molar-refractivity contribution in [3.05, 3.63) is 82.9 Å². The summed E-state index contributed by atoms with van der Waals surface area (Å²) >= 11 is 0. The van der Waals surface area contributed by atoms with Gasteiger partial charge >= 0.3 is 0 Å². The zero-order valence-corrected chi connectivity index (χ0v) is 17.7. The minimum atomic E-state index is -3.69. The fourth-order valence-corrected chi connectivity index (χ4v) is 4.37. The lowest BCUT2D eigenvalue weighted by Gasteiger charge is -2.14. The largest absolute Gasteiger partial charge is 0.496 e. The predicted molar refractivity (Wildman–Crippen MR) is 118 cm³/mol. The van der Waals surface area contributed by atoms with Gasteiger partial charge in [-0.25, -0.2) is 8.42 Å². The van der Waals surface area contributed by atoms with E-state index < -0.39 is 10.0 Å². The van der Waals surface area contributed by atoms with E-state index in [2.05, 4.69) is 9.71 Å². The summed E-state index contributed by atoms with van der Waals surface area (Å²) in [5.74, 6) is 0.725. The van der Waals surface area contributed by atoms with Gasteiger partial charge < -0.3 is 4.74 Å². The maximum absolute atomic E-state index is 12.8. The average molecular weight is 409 g/mol. The van der Waals surface area contributed by atoms with Crippen molar-refractivity contribution in [2.75, 3.05) is 11.8 Å². The molecule has 6 heteroatoms. The Bertz CT molecular complexity index is 1130. The molecule has 3 aromatic rings. The Kier molecular flexibility index (Phi) is 6.03. The molecule has 0 radical (unpaired) electrons. The van der Waals surface area contributed by atoms with Gasteiger partial charge in [0.1, 0.15) is 5.75 Å². The molecular formula is C23H24N2O3S. The summed E-state index contributed by atoms with van der Waals surface area (Å²) in [5, 5.41) is 0. The number of benzene rings is 3. The second-order valence-electron chi connectivity index (χ2n) is 6.87. The number of anilines is 1. The second kappa shape index (κ2) is 8.49. The number of methoxy groups -OCH3 is 1. The molecule has 0 bridgehead atoms. The van der Waals surface area contributed by atoms with Crippen molar-refractivity contribution in [1.82, 2.24) is 0 Å². The first kappa shape index (κ1) is 20.6. The highest BCUT2D eigenvalue weighted by atomic mass is 32.2. The number of sulfonamides is 1. The van der Waals surface area contributed by atoms with Crippen LogP contribution in [0, 0.1) is 20.8 Å². The molecular weight excluding hydrogens is 384 g/mol. The van der Waals surface area contributed by atoms with Crippen molar-refractivity contribution < 1.29 is 13.2 Å². The Hall–Kier alpha value is -3.12. The molecule has 1 N–H and O–H groups in total. The molecule has 0 amide bonds. The summed E-state index contributed by atoms with van der Waals surface area (Å²) in [6.07, 6.45) is 1.69. The lowest BCUT2D eigenvalue weighted by atomic mass is 10.1. The molecule has 0 aliphatic rings. The monoisotopic (exact) mass is 408 g/mol. The van der Waals surface area contributed by atoms with Gasteiger partial charge in [-0.15, -0.1) is 0 Å². The summed E-state index contributed by atoms with van der Waals surface area (Å²) in [6.45, 7) is 5.78. The smallest absolute Gasteiger partial charge is 0.261 e. The number of aryl methyl sites for hydroxylation is 3. The summed E-state index contributed by atoms with van der Waals surface area (Å²) in [7, 11) is -2.08. The molecule has 0 spiro atoms. The molecule has 3 aromatic carbocycles. The molecule has 150 valence electrons. The molecule has 5 nitrogen and oxygen atoms in total. The van der Waals surface area contributed by atoms with Gasteiger partial charge in [0.2, 0.25) is 0 Å². The maximum Gasteiger partial charge on any atom is 0.261 e. The third-order valence-electron chi connectivity index (χ3n) is 4.55. The van der Waals surface area contributed by atoms with E-state index in [4.69, 9.17) is 4.74 Å². The molecule has 0 aromatic heterocycles. The molecule has 0 aliphatic carbocycles. The Morgan fingerprint density at radius 3 is 2.17 bits per heavy atom. The molecule has 3 rings (SSSR count). The van der Waals surface area contributed by atoms with Gasteiger partial charge in [-0.2, -0.15) is 0 Å². The van der Waals surface area contributed by atoms with Crippen LogP contribution in [0.2, 0.25) is 0 Å². The van der Waals surface area contributed by atoms with Crippen molar-refractivity contribution in [1.29, 1.82) is 0 Å². The molecule has 0 unspecified atom stereocenters. The van der Waals surface area contributed by atoms with Gasteiger partial charge in [0, 0.05) is 11.8 Å². The highest BCUT2D eigenvalue weighted by molar-refractivity contribution is 7.92. The minimum Gasteiger partial charge on any atom is -0.496 e. The van der Waals surface area contributed by atoms with Gasteiger partial charge in [-0.3, -0.25) is 9.71 Å². The molecule has 0 heterocycles. The topological polar surface area (TPSA) is 67.8 Å². The van der Waals surface area contributed by atoms with E-state index in [0.717, 1.165) is 28.0 Å². The Balaban J connectivity index is 1.81. The van der Waals surface area contributed by atoms with Gasteiger partial charge in [0.05, 0.1) is 23.4 Å². The Morgan fingerprint density at radius 1 is 0.931 bits per heavy atom. The lowest BCUT2D eigenvalue weighted by Crippen LogP contribution is -2.14. The first-order valence-corrected chi connectivity index (χ1v) is 10.7. The van der Waals surface area contributed by atoms with Crippen LogP contribution in [0.1, 0.15) is 22.3 Å². The number of para-hydroxylation sites is 1. The standard InChI is InChI=1S/C23H24N2O3S/c1-16-13-17(2)23(18(3)14-16)25-29(26,27)21-11-9-20(10-12-21)24-15-19-7-5-6-8-22(19)28-4/h5-15,25H,1-4H3. The summed E-state index contributed by atoms with van der Waals surface area (Å²) in [6, 6.07) is 17.9. The molecule has 29 heavy (non-hydrogen) atoms. The van der Waals surface area contributed by atoms with E-state index in [1.165, 1.54) is 0 Å². The summed E-state index contributed by atoms with van der Waals surface area (Å²) < 4.78 is 33.6. The van der Waals surface area contributed by atoms with Crippen LogP contribution in [-0.2, 0) is 10.0 Å². The van der Waals surface area contributed by atoms with Gasteiger partial charge in [-0.1, -0.05) is 29.8 Å². The number of hydrogen-bond acceptors (Lipinski definition) is 4. The van der Waals surface area contributed by atoms with Crippen LogP contribution < -0.4 is 9.46 Å². The van der Waals surface area contributed by atoms with Crippen LogP contribution in [0.3, 0.4) is 0 Å². The van der Waals surface area contributed by atoms with Crippen molar-refractivity contribution in [3.63, 3.8) is 0 Å². The summed E-state index contributed by atoms with van der Waals surface area (Å²) in [5.41, 5.74) is 5.00. The maximum atomic E-state index is 12.8. The van der Waals surface area contributed by atoms with Crippen molar-refractivity contribution in [3.8, 4) is 5.75 Å². The fourth-order valence-electron chi connectivity index (χ4n) is 3.16. The number of ether oxygens (including phenoxy) is 1. The van der Waals surface area contributed by atoms with Crippen LogP contribution in [0.15, 0.2) is 70.6 Å². The van der Waals surface area contributed by atoms with Crippen molar-refractivity contribution in [2.24, 2.45) is 4.99 Å².